The lowest BCUT2D eigenvalue weighted by Gasteiger charge is -2.44. The molecule has 3 aromatic rings. The highest BCUT2D eigenvalue weighted by molar-refractivity contribution is 7.10. The van der Waals surface area contributed by atoms with Gasteiger partial charge in [-0.05, 0) is 47.1 Å². The lowest BCUT2D eigenvalue weighted by molar-refractivity contribution is -0.129. The predicted molar refractivity (Wildman–Crippen MR) is 139 cm³/mol. The molecule has 1 aliphatic carbocycles. The van der Waals surface area contributed by atoms with Crippen molar-refractivity contribution in [2.24, 2.45) is 0 Å². The Bertz CT molecular complexity index is 1200. The summed E-state index contributed by atoms with van der Waals surface area (Å²) in [4.78, 5) is 28.1. The number of hydrogen-bond donors (Lipinski definition) is 1. The number of piperidine rings is 1. The monoisotopic (exact) mass is 486 g/mol. The van der Waals surface area contributed by atoms with E-state index >= 15 is 0 Å². The number of hydrogen-bond acceptors (Lipinski definition) is 4. The van der Waals surface area contributed by atoms with Crippen LogP contribution >= 0.6 is 11.3 Å². The molecule has 2 amide bonds. The van der Waals surface area contributed by atoms with Crippen LogP contribution in [-0.4, -0.2) is 35.9 Å². The molecule has 6 heteroatoms. The number of fused-ring (bicyclic) bond motifs is 2. The minimum atomic E-state index is -0.257. The van der Waals surface area contributed by atoms with Gasteiger partial charge in [0, 0.05) is 36.4 Å². The SMILES string of the molecule is CC(=O)N[C@H]1c2ccccc2C2(CCN(C(=O)/C=C/c3cccs3)CC2)[C@@H]1OCc1ccccc1. The fourth-order valence-corrected chi connectivity index (χ4v) is 6.19. The Morgan fingerprint density at radius 3 is 2.51 bits per heavy atom. The van der Waals surface area contributed by atoms with Gasteiger partial charge in [0.1, 0.15) is 0 Å². The molecule has 2 heterocycles. The summed E-state index contributed by atoms with van der Waals surface area (Å²) in [7, 11) is 0. The van der Waals surface area contributed by atoms with E-state index in [9.17, 15) is 9.59 Å². The topological polar surface area (TPSA) is 58.6 Å². The van der Waals surface area contributed by atoms with Gasteiger partial charge in [-0.2, -0.15) is 0 Å². The molecule has 0 bridgehead atoms. The van der Waals surface area contributed by atoms with Crippen LogP contribution in [0.3, 0.4) is 0 Å². The second kappa shape index (κ2) is 10.2. The molecular weight excluding hydrogens is 456 g/mol. The molecule has 5 nitrogen and oxygen atoms in total. The van der Waals surface area contributed by atoms with E-state index in [-0.39, 0.29) is 29.4 Å². The highest BCUT2D eigenvalue weighted by Crippen LogP contribution is 2.52. The third-order valence-corrected chi connectivity index (χ3v) is 8.05. The highest BCUT2D eigenvalue weighted by Gasteiger charge is 2.54. The van der Waals surface area contributed by atoms with Crippen molar-refractivity contribution in [3.8, 4) is 0 Å². The molecular formula is C29H30N2O3S. The van der Waals surface area contributed by atoms with Crippen molar-refractivity contribution in [1.82, 2.24) is 10.2 Å². The summed E-state index contributed by atoms with van der Waals surface area (Å²) in [6, 6.07) is 22.3. The first-order valence-corrected chi connectivity index (χ1v) is 13.0. The Morgan fingerprint density at radius 2 is 1.80 bits per heavy atom. The maximum atomic E-state index is 12.9. The summed E-state index contributed by atoms with van der Waals surface area (Å²) >= 11 is 1.62. The first-order valence-electron chi connectivity index (χ1n) is 12.1. The zero-order valence-corrected chi connectivity index (χ0v) is 20.7. The summed E-state index contributed by atoms with van der Waals surface area (Å²) < 4.78 is 6.64. The molecule has 0 unspecified atom stereocenters. The molecule has 1 saturated heterocycles. The molecule has 1 spiro atoms. The highest BCUT2D eigenvalue weighted by atomic mass is 32.1. The van der Waals surface area contributed by atoms with E-state index in [0.717, 1.165) is 28.8 Å². The summed E-state index contributed by atoms with van der Waals surface area (Å²) in [5.74, 6) is -0.0267. The maximum absolute atomic E-state index is 12.9. The molecule has 5 rings (SSSR count). The number of amides is 2. The van der Waals surface area contributed by atoms with E-state index < -0.39 is 0 Å². The quantitative estimate of drug-likeness (QED) is 0.494. The largest absolute Gasteiger partial charge is 0.370 e. The molecule has 0 radical (unpaired) electrons. The number of benzene rings is 2. The Kier molecular flexibility index (Phi) is 6.84. The lowest BCUT2D eigenvalue weighted by Crippen LogP contribution is -2.51. The van der Waals surface area contributed by atoms with Crippen LogP contribution < -0.4 is 5.32 Å². The number of thiophene rings is 1. The van der Waals surface area contributed by atoms with Crippen molar-refractivity contribution >= 4 is 29.2 Å². The van der Waals surface area contributed by atoms with Gasteiger partial charge in [-0.3, -0.25) is 9.59 Å². The van der Waals surface area contributed by atoms with Crippen LogP contribution in [0.5, 0.6) is 0 Å². The summed E-state index contributed by atoms with van der Waals surface area (Å²) in [6.45, 7) is 3.34. The van der Waals surface area contributed by atoms with Crippen LogP contribution in [-0.2, 0) is 26.3 Å². The first-order chi connectivity index (χ1) is 17.1. The van der Waals surface area contributed by atoms with Gasteiger partial charge in [0.25, 0.3) is 0 Å². The average molecular weight is 487 g/mol. The minimum absolute atomic E-state index is 0.0414. The normalized spacial score (nSPS) is 20.8. The number of likely N-dealkylation sites (tertiary alicyclic amines) is 1. The van der Waals surface area contributed by atoms with Crippen molar-refractivity contribution in [3.05, 3.63) is 99.8 Å². The summed E-state index contributed by atoms with van der Waals surface area (Å²) in [5, 5.41) is 5.18. The van der Waals surface area contributed by atoms with Crippen molar-refractivity contribution in [3.63, 3.8) is 0 Å². The fraction of sp³-hybridized carbons (Fsp3) is 0.310. The van der Waals surface area contributed by atoms with Gasteiger partial charge in [0.05, 0.1) is 18.8 Å². The molecule has 1 fully saturated rings. The van der Waals surface area contributed by atoms with Gasteiger partial charge in [0.2, 0.25) is 11.8 Å². The van der Waals surface area contributed by atoms with Crippen LogP contribution in [0.2, 0.25) is 0 Å². The zero-order chi connectivity index (χ0) is 24.3. The van der Waals surface area contributed by atoms with Gasteiger partial charge >= 0.3 is 0 Å². The van der Waals surface area contributed by atoms with Gasteiger partial charge in [-0.25, -0.2) is 0 Å². The zero-order valence-electron chi connectivity index (χ0n) is 19.9. The van der Waals surface area contributed by atoms with Crippen LogP contribution in [0.4, 0.5) is 0 Å². The van der Waals surface area contributed by atoms with Gasteiger partial charge < -0.3 is 15.0 Å². The van der Waals surface area contributed by atoms with Gasteiger partial charge in [-0.15, -0.1) is 11.3 Å². The lowest BCUT2D eigenvalue weighted by atomic mass is 9.71. The van der Waals surface area contributed by atoms with E-state index in [2.05, 4.69) is 35.6 Å². The summed E-state index contributed by atoms with van der Waals surface area (Å²) in [5.41, 5.74) is 3.20. The average Bonchev–Trinajstić information content (AvgIpc) is 3.48. The van der Waals surface area contributed by atoms with Crippen molar-refractivity contribution in [2.45, 2.75) is 43.9 Å². The number of carbonyl (C=O) groups excluding carboxylic acids is 2. The Hall–Kier alpha value is -3.22. The third kappa shape index (κ3) is 4.81. The Morgan fingerprint density at radius 1 is 1.06 bits per heavy atom. The predicted octanol–water partition coefficient (Wildman–Crippen LogP) is 5.10. The Labute approximate surface area is 210 Å². The van der Waals surface area contributed by atoms with E-state index in [1.165, 1.54) is 5.56 Å². The molecule has 2 aliphatic rings. The van der Waals surface area contributed by atoms with Crippen molar-refractivity contribution < 1.29 is 14.3 Å². The number of nitrogens with zero attached hydrogens (tertiary/aromatic N) is 1. The number of rotatable bonds is 6. The number of nitrogens with one attached hydrogen (secondary N) is 1. The minimum Gasteiger partial charge on any atom is -0.370 e. The van der Waals surface area contributed by atoms with E-state index in [4.69, 9.17) is 4.74 Å². The van der Waals surface area contributed by atoms with Crippen molar-refractivity contribution in [2.75, 3.05) is 13.1 Å². The molecule has 1 aliphatic heterocycles. The van der Waals surface area contributed by atoms with E-state index in [1.54, 1.807) is 24.3 Å². The molecule has 0 saturated carbocycles. The van der Waals surface area contributed by atoms with Crippen molar-refractivity contribution in [1.29, 1.82) is 0 Å². The molecule has 1 N–H and O–H groups in total. The third-order valence-electron chi connectivity index (χ3n) is 7.21. The molecule has 2 aromatic carbocycles. The van der Waals surface area contributed by atoms with E-state index in [1.807, 2.05) is 52.8 Å². The van der Waals surface area contributed by atoms with Crippen LogP contribution in [0, 0.1) is 0 Å². The Balaban J connectivity index is 1.39. The number of ether oxygens (including phenoxy) is 1. The molecule has 35 heavy (non-hydrogen) atoms. The van der Waals surface area contributed by atoms with Crippen LogP contribution in [0.1, 0.15) is 47.4 Å². The number of carbonyl (C=O) groups is 2. The molecule has 180 valence electrons. The second-order valence-corrected chi connectivity index (χ2v) is 10.3. The first kappa shape index (κ1) is 23.5. The van der Waals surface area contributed by atoms with Gasteiger partial charge in [-0.1, -0.05) is 60.7 Å². The summed E-state index contributed by atoms with van der Waals surface area (Å²) in [6.07, 6.45) is 4.94. The van der Waals surface area contributed by atoms with Crippen LogP contribution in [0.15, 0.2) is 78.2 Å². The molecule has 2 atom stereocenters. The van der Waals surface area contributed by atoms with Crippen LogP contribution in [0.25, 0.3) is 6.08 Å². The molecule has 1 aromatic heterocycles. The fourth-order valence-electron chi connectivity index (χ4n) is 5.57. The van der Waals surface area contributed by atoms with Gasteiger partial charge in [0.15, 0.2) is 0 Å². The maximum Gasteiger partial charge on any atom is 0.246 e. The smallest absolute Gasteiger partial charge is 0.246 e. The second-order valence-electron chi connectivity index (χ2n) is 9.31. The standard InChI is InChI=1S/C29H30N2O3S/c1-21(32)30-27-24-11-5-6-12-25(24)29(28(27)34-20-22-8-3-2-4-9-22)15-17-31(18-16-29)26(33)14-13-23-10-7-19-35-23/h2-14,19,27-28H,15-18,20H2,1H3,(H,30,32)/b14-13+/t27-,28+/m0/s1. The van der Waals surface area contributed by atoms with E-state index in [0.29, 0.717) is 19.7 Å².